The van der Waals surface area contributed by atoms with Crippen LogP contribution in [-0.2, 0) is 4.79 Å². The van der Waals surface area contributed by atoms with Crippen LogP contribution in [0.4, 0.5) is 19.0 Å². The van der Waals surface area contributed by atoms with Crippen molar-refractivity contribution in [2.75, 3.05) is 5.32 Å². The summed E-state index contributed by atoms with van der Waals surface area (Å²) >= 11 is 0. The number of benzene rings is 2. The fraction of sp³-hybridized carbons (Fsp3) is 0.111. The van der Waals surface area contributed by atoms with Crippen LogP contribution in [0.15, 0.2) is 48.7 Å². The minimum absolute atomic E-state index is 0.0605. The van der Waals surface area contributed by atoms with E-state index in [0.29, 0.717) is 22.6 Å². The molecule has 1 aromatic heterocycles. The van der Waals surface area contributed by atoms with Gasteiger partial charge in [0.15, 0.2) is 0 Å². The first-order valence-corrected chi connectivity index (χ1v) is 7.61. The number of aromatic nitrogens is 2. The molecular weight excluding hydrogens is 331 g/mol. The maximum atomic E-state index is 13.6. The SMILES string of the molecule is O=C1C[C@@H](c2cc(F)cc(F)c2)c2cnn(-c3ccc(F)cc3)c2N1. The summed E-state index contributed by atoms with van der Waals surface area (Å²) in [4.78, 5) is 12.1. The summed E-state index contributed by atoms with van der Waals surface area (Å²) in [6, 6.07) is 8.84. The smallest absolute Gasteiger partial charge is 0.226 e. The topological polar surface area (TPSA) is 46.9 Å². The summed E-state index contributed by atoms with van der Waals surface area (Å²) in [5, 5.41) is 6.98. The Hall–Kier alpha value is -3.09. The molecule has 7 heteroatoms. The largest absolute Gasteiger partial charge is 0.310 e. The standard InChI is InChI=1S/C18H12F3N3O/c19-11-1-3-14(4-2-11)24-18-16(9-22-24)15(8-17(25)23-18)10-5-12(20)7-13(21)6-10/h1-7,9,15H,8H2,(H,23,25)/t15-/m0/s1. The Morgan fingerprint density at radius 3 is 2.36 bits per heavy atom. The van der Waals surface area contributed by atoms with Gasteiger partial charge in [-0.15, -0.1) is 0 Å². The molecule has 0 saturated carbocycles. The third-order valence-electron chi connectivity index (χ3n) is 4.18. The molecule has 0 aliphatic carbocycles. The maximum absolute atomic E-state index is 13.6. The summed E-state index contributed by atoms with van der Waals surface area (Å²) in [6.45, 7) is 0. The van der Waals surface area contributed by atoms with Crippen molar-refractivity contribution < 1.29 is 18.0 Å². The highest BCUT2D eigenvalue weighted by Crippen LogP contribution is 2.38. The molecule has 1 aliphatic heterocycles. The monoisotopic (exact) mass is 343 g/mol. The minimum Gasteiger partial charge on any atom is -0.310 e. The van der Waals surface area contributed by atoms with E-state index < -0.39 is 17.6 Å². The van der Waals surface area contributed by atoms with Crippen LogP contribution in [0.1, 0.15) is 23.5 Å². The van der Waals surface area contributed by atoms with E-state index in [1.165, 1.54) is 41.1 Å². The van der Waals surface area contributed by atoms with E-state index in [1.807, 2.05) is 0 Å². The van der Waals surface area contributed by atoms with Crippen LogP contribution < -0.4 is 5.32 Å². The summed E-state index contributed by atoms with van der Waals surface area (Å²) in [7, 11) is 0. The number of nitrogens with zero attached hydrogens (tertiary/aromatic N) is 2. The summed E-state index contributed by atoms with van der Waals surface area (Å²) < 4.78 is 41.7. The van der Waals surface area contributed by atoms with Gasteiger partial charge in [0.2, 0.25) is 5.91 Å². The lowest BCUT2D eigenvalue weighted by atomic mass is 9.87. The molecule has 4 nitrogen and oxygen atoms in total. The van der Waals surface area contributed by atoms with Gasteiger partial charge in [0.1, 0.15) is 23.3 Å². The van der Waals surface area contributed by atoms with Crippen LogP contribution in [0.3, 0.4) is 0 Å². The molecule has 4 rings (SSSR count). The number of fused-ring (bicyclic) bond motifs is 1. The van der Waals surface area contributed by atoms with Gasteiger partial charge in [-0.1, -0.05) is 0 Å². The predicted octanol–water partition coefficient (Wildman–Crippen LogP) is 3.76. The number of hydrogen-bond donors (Lipinski definition) is 1. The normalized spacial score (nSPS) is 16.4. The van der Waals surface area contributed by atoms with E-state index in [1.54, 1.807) is 6.20 Å². The van der Waals surface area contributed by atoms with E-state index in [-0.39, 0.29) is 18.1 Å². The van der Waals surface area contributed by atoms with Crippen molar-refractivity contribution >= 4 is 11.7 Å². The van der Waals surface area contributed by atoms with Crippen molar-refractivity contribution in [2.24, 2.45) is 0 Å². The summed E-state index contributed by atoms with van der Waals surface area (Å²) in [6.07, 6.45) is 1.61. The molecule has 1 atom stereocenters. The Bertz CT molecular complexity index is 946. The third kappa shape index (κ3) is 2.77. The van der Waals surface area contributed by atoms with Crippen molar-refractivity contribution in [1.29, 1.82) is 0 Å². The molecule has 126 valence electrons. The molecule has 0 saturated heterocycles. The maximum Gasteiger partial charge on any atom is 0.226 e. The second kappa shape index (κ2) is 5.77. The van der Waals surface area contributed by atoms with E-state index >= 15 is 0 Å². The van der Waals surface area contributed by atoms with E-state index in [9.17, 15) is 18.0 Å². The second-order valence-corrected chi connectivity index (χ2v) is 5.84. The van der Waals surface area contributed by atoms with Gasteiger partial charge in [-0.3, -0.25) is 4.79 Å². The first-order chi connectivity index (χ1) is 12.0. The van der Waals surface area contributed by atoms with Crippen molar-refractivity contribution in [1.82, 2.24) is 9.78 Å². The molecule has 0 bridgehead atoms. The Kier molecular flexibility index (Phi) is 3.56. The molecule has 3 aromatic rings. The van der Waals surface area contributed by atoms with E-state index in [2.05, 4.69) is 10.4 Å². The quantitative estimate of drug-likeness (QED) is 0.770. The fourth-order valence-corrected chi connectivity index (χ4v) is 3.07. The van der Waals surface area contributed by atoms with Crippen LogP contribution in [0.25, 0.3) is 5.69 Å². The van der Waals surface area contributed by atoms with Gasteiger partial charge in [-0.25, -0.2) is 17.9 Å². The van der Waals surface area contributed by atoms with Crippen molar-refractivity contribution in [3.8, 4) is 5.69 Å². The van der Waals surface area contributed by atoms with Gasteiger partial charge < -0.3 is 5.32 Å². The molecule has 25 heavy (non-hydrogen) atoms. The van der Waals surface area contributed by atoms with Gasteiger partial charge in [0, 0.05) is 24.0 Å². The van der Waals surface area contributed by atoms with Gasteiger partial charge >= 0.3 is 0 Å². The molecule has 2 aromatic carbocycles. The number of carbonyl (C=O) groups excluding carboxylic acids is 1. The number of carbonyl (C=O) groups is 1. The lowest BCUT2D eigenvalue weighted by Crippen LogP contribution is -2.24. The van der Waals surface area contributed by atoms with Gasteiger partial charge in [-0.05, 0) is 42.0 Å². The summed E-state index contributed by atoms with van der Waals surface area (Å²) in [5.74, 6) is -2.17. The number of amides is 1. The zero-order valence-electron chi connectivity index (χ0n) is 12.8. The Balaban J connectivity index is 1.82. The van der Waals surface area contributed by atoms with Crippen molar-refractivity contribution in [3.63, 3.8) is 0 Å². The average molecular weight is 343 g/mol. The van der Waals surface area contributed by atoms with Crippen molar-refractivity contribution in [2.45, 2.75) is 12.3 Å². The average Bonchev–Trinajstić information content (AvgIpc) is 2.97. The number of halogens is 3. The van der Waals surface area contributed by atoms with Crippen LogP contribution in [0, 0.1) is 17.5 Å². The third-order valence-corrected chi connectivity index (χ3v) is 4.18. The highest BCUT2D eigenvalue weighted by Gasteiger charge is 2.30. The van der Waals surface area contributed by atoms with E-state index in [0.717, 1.165) is 6.07 Å². The Labute approximate surface area is 140 Å². The molecule has 1 aliphatic rings. The number of rotatable bonds is 2. The lowest BCUT2D eigenvalue weighted by Gasteiger charge is -2.24. The van der Waals surface area contributed by atoms with Crippen LogP contribution in [0.2, 0.25) is 0 Å². The molecule has 2 heterocycles. The molecule has 0 spiro atoms. The fourth-order valence-electron chi connectivity index (χ4n) is 3.07. The van der Waals surface area contributed by atoms with Crippen LogP contribution in [0.5, 0.6) is 0 Å². The number of nitrogens with one attached hydrogen (secondary N) is 1. The molecule has 1 amide bonds. The van der Waals surface area contributed by atoms with Crippen LogP contribution >= 0.6 is 0 Å². The highest BCUT2D eigenvalue weighted by molar-refractivity contribution is 5.94. The van der Waals surface area contributed by atoms with E-state index in [4.69, 9.17) is 0 Å². The highest BCUT2D eigenvalue weighted by atomic mass is 19.1. The summed E-state index contributed by atoms with van der Waals surface area (Å²) in [5.41, 5.74) is 1.58. The molecule has 0 fully saturated rings. The molecule has 0 radical (unpaired) electrons. The molecular formula is C18H12F3N3O. The van der Waals surface area contributed by atoms with Crippen molar-refractivity contribution in [3.05, 3.63) is 77.2 Å². The Morgan fingerprint density at radius 1 is 1.00 bits per heavy atom. The zero-order valence-corrected chi connectivity index (χ0v) is 12.8. The molecule has 0 unspecified atom stereocenters. The number of anilines is 1. The van der Waals surface area contributed by atoms with Gasteiger partial charge in [-0.2, -0.15) is 5.10 Å². The minimum atomic E-state index is -0.701. The lowest BCUT2D eigenvalue weighted by molar-refractivity contribution is -0.116. The van der Waals surface area contributed by atoms with Gasteiger partial charge in [0.05, 0.1) is 11.9 Å². The second-order valence-electron chi connectivity index (χ2n) is 5.84. The number of hydrogen-bond acceptors (Lipinski definition) is 2. The Morgan fingerprint density at radius 2 is 1.68 bits per heavy atom. The first kappa shape index (κ1) is 15.4. The van der Waals surface area contributed by atoms with Gasteiger partial charge in [0.25, 0.3) is 0 Å². The predicted molar refractivity (Wildman–Crippen MR) is 85.0 cm³/mol. The first-order valence-electron chi connectivity index (χ1n) is 7.61. The van der Waals surface area contributed by atoms with Crippen LogP contribution in [-0.4, -0.2) is 15.7 Å². The molecule has 1 N–H and O–H groups in total. The zero-order chi connectivity index (χ0) is 17.6.